The van der Waals surface area contributed by atoms with E-state index in [0.29, 0.717) is 19.4 Å². The lowest BCUT2D eigenvalue weighted by molar-refractivity contribution is -0.204. The van der Waals surface area contributed by atoms with Crippen molar-refractivity contribution >= 4 is 5.78 Å². The van der Waals surface area contributed by atoms with Crippen LogP contribution in [0.1, 0.15) is 91.0 Å². The highest BCUT2D eigenvalue weighted by Crippen LogP contribution is 2.70. The maximum absolute atomic E-state index is 14.2. The van der Waals surface area contributed by atoms with Crippen molar-refractivity contribution in [2.75, 3.05) is 19.8 Å². The summed E-state index contributed by atoms with van der Waals surface area (Å²) in [5, 5.41) is 34.3. The van der Waals surface area contributed by atoms with Crippen molar-refractivity contribution in [1.82, 2.24) is 0 Å². The standard InChI is InChI=1S/C40H54O7/c1-24-25(2)35(47-33(24)22-41)36(43)39(5,44)34-15-18-40-30-21-32(42)31-20-28(13-16-37(31,3)29(30)14-17-38(34,40)4)45-23-27(12-9-19-46-40)26-10-7-6-8-11-26/h6-8,10-11,21,24-25,27-29,31,33-36,41,43-44H,13-20,22-23H2,1-5H3. The molecule has 6 bridgehead atoms. The van der Waals surface area contributed by atoms with Crippen LogP contribution in [-0.4, -0.2) is 76.5 Å². The van der Waals surface area contributed by atoms with Crippen LogP contribution in [-0.2, 0) is 19.0 Å². The van der Waals surface area contributed by atoms with E-state index in [9.17, 15) is 20.1 Å². The first-order valence-electron chi connectivity index (χ1n) is 18.1. The summed E-state index contributed by atoms with van der Waals surface area (Å²) in [6.45, 7) is 10.9. The van der Waals surface area contributed by atoms with E-state index in [1.54, 1.807) is 6.92 Å². The van der Waals surface area contributed by atoms with Gasteiger partial charge in [-0.15, -0.1) is 0 Å². The molecule has 1 aromatic rings. The Morgan fingerprint density at radius 3 is 2.53 bits per heavy atom. The van der Waals surface area contributed by atoms with Gasteiger partial charge in [-0.25, -0.2) is 0 Å². The van der Waals surface area contributed by atoms with Gasteiger partial charge in [-0.2, -0.15) is 0 Å². The fourth-order valence-electron chi connectivity index (χ4n) is 11.3. The van der Waals surface area contributed by atoms with E-state index in [1.165, 1.54) is 0 Å². The third-order valence-corrected chi connectivity index (χ3v) is 14.4. The van der Waals surface area contributed by atoms with Gasteiger partial charge in [-0.1, -0.05) is 69.9 Å². The van der Waals surface area contributed by atoms with E-state index in [-0.39, 0.29) is 72.1 Å². The molecular formula is C40H54O7. The smallest absolute Gasteiger partial charge is 0.159 e. The summed E-state index contributed by atoms with van der Waals surface area (Å²) < 4.78 is 19.8. The molecule has 0 radical (unpaired) electrons. The zero-order valence-electron chi connectivity index (χ0n) is 28.8. The second kappa shape index (κ2) is 12.1. The van der Waals surface area contributed by atoms with Gasteiger partial charge in [-0.3, -0.25) is 4.79 Å². The SMILES string of the molecule is CC1C(CO)OC(C(O)C(C)(O)C2CCC34OCC#CC(c5ccccc5)COC5CCC6(C)C(C5)C(=O)C=C3C6CCC24C)C1C. The Morgan fingerprint density at radius 1 is 1.04 bits per heavy atom. The molecule has 3 saturated carbocycles. The van der Waals surface area contributed by atoms with E-state index in [1.807, 2.05) is 38.1 Å². The summed E-state index contributed by atoms with van der Waals surface area (Å²) in [7, 11) is 0. The molecule has 4 fully saturated rings. The summed E-state index contributed by atoms with van der Waals surface area (Å²) in [4.78, 5) is 14.2. The molecule has 14 unspecified atom stereocenters. The number of carbonyl (C=O) groups is 1. The van der Waals surface area contributed by atoms with Gasteiger partial charge in [0.05, 0.1) is 48.6 Å². The highest BCUT2D eigenvalue weighted by Gasteiger charge is 2.70. The van der Waals surface area contributed by atoms with Gasteiger partial charge < -0.3 is 29.5 Å². The van der Waals surface area contributed by atoms with Gasteiger partial charge in [0.2, 0.25) is 0 Å². The number of fused-ring (bicyclic) bond motifs is 2. The topological polar surface area (TPSA) is 105 Å². The van der Waals surface area contributed by atoms with Crippen LogP contribution in [0.25, 0.3) is 0 Å². The lowest BCUT2D eigenvalue weighted by Gasteiger charge is -2.61. The summed E-state index contributed by atoms with van der Waals surface area (Å²) in [6, 6.07) is 10.3. The zero-order valence-corrected chi connectivity index (χ0v) is 28.8. The number of aliphatic hydroxyl groups is 3. The molecule has 1 saturated heterocycles. The van der Waals surface area contributed by atoms with Crippen LogP contribution >= 0.6 is 0 Å². The number of carbonyl (C=O) groups excluding carboxylic acids is 1. The highest BCUT2D eigenvalue weighted by atomic mass is 16.5. The highest BCUT2D eigenvalue weighted by molar-refractivity contribution is 5.95. The largest absolute Gasteiger partial charge is 0.394 e. The number of rotatable bonds is 5. The molecule has 47 heavy (non-hydrogen) atoms. The Hall–Kier alpha value is -2.05. The van der Waals surface area contributed by atoms with Crippen LogP contribution in [0.2, 0.25) is 0 Å². The van der Waals surface area contributed by atoms with Gasteiger partial charge in [0.15, 0.2) is 5.78 Å². The van der Waals surface area contributed by atoms with Crippen molar-refractivity contribution < 1.29 is 34.3 Å². The van der Waals surface area contributed by atoms with E-state index >= 15 is 0 Å². The van der Waals surface area contributed by atoms with Crippen LogP contribution < -0.4 is 0 Å². The van der Waals surface area contributed by atoms with E-state index in [2.05, 4.69) is 37.8 Å². The van der Waals surface area contributed by atoms with Crippen LogP contribution in [0.15, 0.2) is 42.0 Å². The monoisotopic (exact) mass is 646 g/mol. The number of ether oxygens (including phenoxy) is 3. The maximum Gasteiger partial charge on any atom is 0.159 e. The number of ketones is 1. The summed E-state index contributed by atoms with van der Waals surface area (Å²) in [6.07, 6.45) is 5.44. The van der Waals surface area contributed by atoms with Crippen molar-refractivity contribution in [2.45, 2.75) is 121 Å². The van der Waals surface area contributed by atoms with Crippen molar-refractivity contribution in [3.05, 3.63) is 47.5 Å². The molecule has 256 valence electrons. The molecule has 7 nitrogen and oxygen atoms in total. The third kappa shape index (κ3) is 5.03. The average Bonchev–Trinajstić information content (AvgIpc) is 3.53. The van der Waals surface area contributed by atoms with E-state index in [4.69, 9.17) is 14.2 Å². The van der Waals surface area contributed by atoms with Gasteiger partial charge in [0, 0.05) is 11.3 Å². The number of allylic oxidation sites excluding steroid dienone is 1. The minimum atomic E-state index is -1.48. The molecular weight excluding hydrogens is 592 g/mol. The predicted octanol–water partition coefficient (Wildman–Crippen LogP) is 5.21. The molecule has 8 aliphatic rings. The van der Waals surface area contributed by atoms with Crippen LogP contribution in [0.5, 0.6) is 0 Å². The summed E-state index contributed by atoms with van der Waals surface area (Å²) in [5.41, 5.74) is -0.811. The summed E-state index contributed by atoms with van der Waals surface area (Å²) in [5.74, 6) is 6.74. The normalized spacial score (nSPS) is 46.5. The Balaban J connectivity index is 1.28. The molecule has 4 aliphatic heterocycles. The first-order chi connectivity index (χ1) is 22.4. The Kier molecular flexibility index (Phi) is 8.59. The molecule has 14 atom stereocenters. The van der Waals surface area contributed by atoms with Crippen molar-refractivity contribution in [3.63, 3.8) is 0 Å². The van der Waals surface area contributed by atoms with Gasteiger partial charge in [-0.05, 0) is 98.2 Å². The van der Waals surface area contributed by atoms with Crippen LogP contribution in [0, 0.1) is 52.3 Å². The summed E-state index contributed by atoms with van der Waals surface area (Å²) >= 11 is 0. The Morgan fingerprint density at radius 2 is 1.81 bits per heavy atom. The predicted molar refractivity (Wildman–Crippen MR) is 178 cm³/mol. The lowest BCUT2D eigenvalue weighted by Crippen LogP contribution is -2.64. The second-order valence-corrected chi connectivity index (χ2v) is 16.5. The lowest BCUT2D eigenvalue weighted by atomic mass is 9.45. The fraction of sp³-hybridized carbons (Fsp3) is 0.725. The fourth-order valence-corrected chi connectivity index (χ4v) is 11.3. The molecule has 0 amide bonds. The quantitative estimate of drug-likeness (QED) is 0.377. The second-order valence-electron chi connectivity index (χ2n) is 16.5. The van der Waals surface area contributed by atoms with Gasteiger partial charge >= 0.3 is 0 Å². The molecule has 1 aromatic carbocycles. The third-order valence-electron chi connectivity index (χ3n) is 14.4. The molecule has 1 spiro atoms. The minimum absolute atomic E-state index is 0.0272. The molecule has 0 aromatic heterocycles. The van der Waals surface area contributed by atoms with Crippen molar-refractivity contribution in [2.24, 2.45) is 40.4 Å². The molecule has 4 heterocycles. The first kappa shape index (κ1) is 33.4. The Labute approximate surface area is 280 Å². The first-order valence-corrected chi connectivity index (χ1v) is 18.1. The minimum Gasteiger partial charge on any atom is -0.394 e. The molecule has 9 rings (SSSR count). The number of benzene rings is 1. The van der Waals surface area contributed by atoms with Crippen molar-refractivity contribution in [3.8, 4) is 11.8 Å². The number of hydrogen-bond acceptors (Lipinski definition) is 7. The van der Waals surface area contributed by atoms with Crippen molar-refractivity contribution in [1.29, 1.82) is 0 Å². The molecule has 7 heteroatoms. The molecule has 3 N–H and O–H groups in total. The van der Waals surface area contributed by atoms with Crippen LogP contribution in [0.3, 0.4) is 0 Å². The number of aliphatic hydroxyl groups excluding tert-OH is 2. The zero-order chi connectivity index (χ0) is 33.4. The van der Waals surface area contributed by atoms with E-state index in [0.717, 1.165) is 43.2 Å². The van der Waals surface area contributed by atoms with Crippen LogP contribution in [0.4, 0.5) is 0 Å². The number of hydrogen-bond donors (Lipinski definition) is 3. The average molecular weight is 647 g/mol. The van der Waals surface area contributed by atoms with E-state index < -0.39 is 28.8 Å². The van der Waals surface area contributed by atoms with Gasteiger partial charge in [0.1, 0.15) is 12.7 Å². The van der Waals surface area contributed by atoms with Gasteiger partial charge in [0.25, 0.3) is 0 Å². The molecule has 4 aliphatic carbocycles. The maximum atomic E-state index is 14.2. The Bertz CT molecular complexity index is 1440.